The first-order chi connectivity index (χ1) is 11.7. The molecule has 0 saturated heterocycles. The van der Waals surface area contributed by atoms with Gasteiger partial charge in [-0.3, -0.25) is 4.79 Å². The van der Waals surface area contributed by atoms with Crippen LogP contribution in [0.15, 0.2) is 66.7 Å². The van der Waals surface area contributed by atoms with Crippen LogP contribution in [0.5, 0.6) is 0 Å². The van der Waals surface area contributed by atoms with Gasteiger partial charge in [-0.25, -0.2) is 4.68 Å². The third-order valence-electron chi connectivity index (χ3n) is 3.83. The lowest BCUT2D eigenvalue weighted by Crippen LogP contribution is -2.16. The fourth-order valence-corrected chi connectivity index (χ4v) is 2.63. The van der Waals surface area contributed by atoms with Crippen molar-refractivity contribution in [1.29, 1.82) is 0 Å². The van der Waals surface area contributed by atoms with Crippen molar-refractivity contribution in [3.8, 4) is 0 Å². The molecule has 0 aliphatic rings. The molecule has 24 heavy (non-hydrogen) atoms. The summed E-state index contributed by atoms with van der Waals surface area (Å²) in [5.41, 5.74) is 3.21. The van der Waals surface area contributed by atoms with Crippen molar-refractivity contribution in [1.82, 2.24) is 9.78 Å². The molecule has 3 aromatic rings. The van der Waals surface area contributed by atoms with Crippen molar-refractivity contribution in [2.75, 3.05) is 5.32 Å². The number of amides is 1. The fraction of sp³-hybridized carbons (Fsp3) is 0.200. The largest absolute Gasteiger partial charge is 0.311 e. The summed E-state index contributed by atoms with van der Waals surface area (Å²) in [7, 11) is 0. The SMILES string of the molecule is Cc1cc(NC(=O)CCc2ccccc2)n(Cc2ccccc2)n1. The number of aromatic nitrogens is 2. The van der Waals surface area contributed by atoms with Gasteiger partial charge in [0.1, 0.15) is 5.82 Å². The Labute approximate surface area is 142 Å². The first kappa shape index (κ1) is 16.0. The Hall–Kier alpha value is -2.88. The molecule has 0 aliphatic carbocycles. The van der Waals surface area contributed by atoms with Crippen LogP contribution in [0, 0.1) is 6.92 Å². The normalized spacial score (nSPS) is 10.5. The predicted molar refractivity (Wildman–Crippen MR) is 95.9 cm³/mol. The van der Waals surface area contributed by atoms with E-state index >= 15 is 0 Å². The molecule has 0 saturated carbocycles. The van der Waals surface area contributed by atoms with Gasteiger partial charge in [0.25, 0.3) is 0 Å². The van der Waals surface area contributed by atoms with E-state index in [-0.39, 0.29) is 5.91 Å². The summed E-state index contributed by atoms with van der Waals surface area (Å²) in [6, 6.07) is 22.1. The number of rotatable bonds is 6. The van der Waals surface area contributed by atoms with Gasteiger partial charge in [-0.1, -0.05) is 60.7 Å². The Kier molecular flexibility index (Phi) is 5.06. The van der Waals surface area contributed by atoms with Crippen molar-refractivity contribution in [3.05, 3.63) is 83.6 Å². The highest BCUT2D eigenvalue weighted by Gasteiger charge is 2.10. The van der Waals surface area contributed by atoms with Crippen LogP contribution in [0.4, 0.5) is 5.82 Å². The Bertz CT molecular complexity index is 794. The Morgan fingerprint density at radius 2 is 1.62 bits per heavy atom. The number of nitrogens with one attached hydrogen (secondary N) is 1. The highest BCUT2D eigenvalue weighted by molar-refractivity contribution is 5.90. The van der Waals surface area contributed by atoms with Crippen molar-refractivity contribution < 1.29 is 4.79 Å². The third-order valence-corrected chi connectivity index (χ3v) is 3.83. The number of hydrogen-bond acceptors (Lipinski definition) is 2. The Morgan fingerprint density at radius 1 is 1.00 bits per heavy atom. The van der Waals surface area contributed by atoms with Gasteiger partial charge < -0.3 is 5.32 Å². The average Bonchev–Trinajstić information content (AvgIpc) is 2.94. The van der Waals surface area contributed by atoms with Crippen LogP contribution in [0.2, 0.25) is 0 Å². The van der Waals surface area contributed by atoms with E-state index in [1.165, 1.54) is 5.56 Å². The van der Waals surface area contributed by atoms with Crippen molar-refractivity contribution in [2.45, 2.75) is 26.3 Å². The molecular formula is C20H21N3O. The second-order valence-corrected chi connectivity index (χ2v) is 5.85. The van der Waals surface area contributed by atoms with Crippen LogP contribution in [0.25, 0.3) is 0 Å². The molecular weight excluding hydrogens is 298 g/mol. The van der Waals surface area contributed by atoms with Crippen LogP contribution < -0.4 is 5.32 Å². The molecule has 1 heterocycles. The van der Waals surface area contributed by atoms with Gasteiger partial charge in [-0.2, -0.15) is 5.10 Å². The molecule has 0 radical (unpaired) electrons. The van der Waals surface area contributed by atoms with Gasteiger partial charge in [-0.15, -0.1) is 0 Å². The fourth-order valence-electron chi connectivity index (χ4n) is 2.63. The molecule has 1 aromatic heterocycles. The minimum absolute atomic E-state index is 0.00747. The maximum Gasteiger partial charge on any atom is 0.225 e. The summed E-state index contributed by atoms with van der Waals surface area (Å²) in [6.45, 7) is 2.57. The highest BCUT2D eigenvalue weighted by Crippen LogP contribution is 2.14. The molecule has 4 nitrogen and oxygen atoms in total. The first-order valence-corrected chi connectivity index (χ1v) is 8.13. The molecule has 2 aromatic carbocycles. The second kappa shape index (κ2) is 7.59. The topological polar surface area (TPSA) is 46.9 Å². The monoisotopic (exact) mass is 319 g/mol. The zero-order chi connectivity index (χ0) is 16.8. The predicted octanol–water partition coefficient (Wildman–Crippen LogP) is 3.81. The molecule has 0 aliphatic heterocycles. The van der Waals surface area contributed by atoms with E-state index in [1.807, 2.05) is 66.2 Å². The quantitative estimate of drug-likeness (QED) is 0.751. The summed E-state index contributed by atoms with van der Waals surface area (Å²) in [5.74, 6) is 0.752. The van der Waals surface area contributed by atoms with E-state index in [0.717, 1.165) is 23.5 Å². The van der Waals surface area contributed by atoms with E-state index in [1.54, 1.807) is 0 Å². The molecule has 1 amide bonds. The lowest BCUT2D eigenvalue weighted by atomic mass is 10.1. The Balaban J connectivity index is 1.63. The van der Waals surface area contributed by atoms with Crippen LogP contribution in [-0.4, -0.2) is 15.7 Å². The number of nitrogens with zero attached hydrogens (tertiary/aromatic N) is 2. The summed E-state index contributed by atoms with van der Waals surface area (Å²) >= 11 is 0. The van der Waals surface area contributed by atoms with Crippen LogP contribution in [0.1, 0.15) is 23.2 Å². The summed E-state index contributed by atoms with van der Waals surface area (Å²) in [4.78, 5) is 12.2. The first-order valence-electron chi connectivity index (χ1n) is 8.13. The van der Waals surface area contributed by atoms with Crippen LogP contribution >= 0.6 is 0 Å². The van der Waals surface area contributed by atoms with E-state index in [9.17, 15) is 4.79 Å². The van der Waals surface area contributed by atoms with Gasteiger partial charge in [0, 0.05) is 12.5 Å². The molecule has 0 unspecified atom stereocenters. The van der Waals surface area contributed by atoms with Crippen molar-refractivity contribution >= 4 is 11.7 Å². The van der Waals surface area contributed by atoms with Gasteiger partial charge in [0.15, 0.2) is 0 Å². The number of aryl methyl sites for hydroxylation is 2. The lowest BCUT2D eigenvalue weighted by Gasteiger charge is -2.09. The molecule has 3 rings (SSSR count). The molecule has 0 spiro atoms. The number of hydrogen-bond donors (Lipinski definition) is 1. The summed E-state index contributed by atoms with van der Waals surface area (Å²) < 4.78 is 1.84. The number of carbonyl (C=O) groups is 1. The number of benzene rings is 2. The maximum absolute atomic E-state index is 12.2. The number of carbonyl (C=O) groups excluding carboxylic acids is 1. The Morgan fingerprint density at radius 3 is 2.29 bits per heavy atom. The summed E-state index contributed by atoms with van der Waals surface area (Å²) in [6.07, 6.45) is 1.19. The third kappa shape index (κ3) is 4.32. The van der Waals surface area contributed by atoms with Crippen LogP contribution in [0.3, 0.4) is 0 Å². The van der Waals surface area contributed by atoms with E-state index < -0.39 is 0 Å². The standard InChI is InChI=1S/C20H21N3O/c1-16-14-19(23(22-16)15-18-10-6-3-7-11-18)21-20(24)13-12-17-8-4-2-5-9-17/h2-11,14H,12-13,15H2,1H3,(H,21,24). The zero-order valence-electron chi connectivity index (χ0n) is 13.8. The lowest BCUT2D eigenvalue weighted by molar-refractivity contribution is -0.116. The van der Waals surface area contributed by atoms with E-state index in [2.05, 4.69) is 22.5 Å². The minimum atomic E-state index is 0.00747. The molecule has 0 bridgehead atoms. The van der Waals surface area contributed by atoms with E-state index in [4.69, 9.17) is 0 Å². The van der Waals surface area contributed by atoms with Crippen molar-refractivity contribution in [3.63, 3.8) is 0 Å². The van der Waals surface area contributed by atoms with E-state index in [0.29, 0.717) is 13.0 Å². The second-order valence-electron chi connectivity index (χ2n) is 5.85. The number of anilines is 1. The zero-order valence-corrected chi connectivity index (χ0v) is 13.8. The van der Waals surface area contributed by atoms with Gasteiger partial charge in [0.05, 0.1) is 12.2 Å². The average molecular weight is 319 g/mol. The molecule has 1 N–H and O–H groups in total. The summed E-state index contributed by atoms with van der Waals surface area (Å²) in [5, 5.41) is 7.46. The molecule has 4 heteroatoms. The maximum atomic E-state index is 12.2. The van der Waals surface area contributed by atoms with Gasteiger partial charge in [-0.05, 0) is 24.5 Å². The van der Waals surface area contributed by atoms with Crippen LogP contribution in [-0.2, 0) is 17.8 Å². The molecule has 0 fully saturated rings. The highest BCUT2D eigenvalue weighted by atomic mass is 16.1. The molecule has 122 valence electrons. The van der Waals surface area contributed by atoms with Gasteiger partial charge in [0.2, 0.25) is 5.91 Å². The smallest absolute Gasteiger partial charge is 0.225 e. The minimum Gasteiger partial charge on any atom is -0.311 e. The molecule has 0 atom stereocenters. The van der Waals surface area contributed by atoms with Gasteiger partial charge >= 0.3 is 0 Å². The van der Waals surface area contributed by atoms with Crippen molar-refractivity contribution in [2.24, 2.45) is 0 Å².